The number of hydrogen-bond acceptors (Lipinski definition) is 4. The van der Waals surface area contributed by atoms with E-state index in [0.29, 0.717) is 5.92 Å². The first-order valence-electron chi connectivity index (χ1n) is 6.54. The summed E-state index contributed by atoms with van der Waals surface area (Å²) >= 11 is 0. The lowest BCUT2D eigenvalue weighted by molar-refractivity contribution is 0.180. The first kappa shape index (κ1) is 12.3. The Morgan fingerprint density at radius 3 is 3.05 bits per heavy atom. The van der Waals surface area contributed by atoms with E-state index < -0.39 is 0 Å². The molecule has 2 atom stereocenters. The molecule has 0 bridgehead atoms. The predicted molar refractivity (Wildman–Crippen MR) is 72.0 cm³/mol. The van der Waals surface area contributed by atoms with Gasteiger partial charge in [-0.25, -0.2) is 4.98 Å². The monoisotopic (exact) mass is 258 g/mol. The van der Waals surface area contributed by atoms with Crippen LogP contribution in [0.5, 0.6) is 0 Å². The van der Waals surface area contributed by atoms with Crippen molar-refractivity contribution in [3.05, 3.63) is 42.2 Å². The van der Waals surface area contributed by atoms with Crippen LogP contribution in [0.4, 0.5) is 0 Å². The van der Waals surface area contributed by atoms with Crippen molar-refractivity contribution in [3.8, 4) is 5.69 Å². The lowest BCUT2D eigenvalue weighted by Crippen LogP contribution is -2.24. The van der Waals surface area contributed by atoms with Crippen LogP contribution >= 0.6 is 0 Å². The molecule has 3 heterocycles. The summed E-state index contributed by atoms with van der Waals surface area (Å²) < 4.78 is 7.46. The molecule has 3 rings (SSSR count). The maximum absolute atomic E-state index is 6.37. The van der Waals surface area contributed by atoms with E-state index in [-0.39, 0.29) is 6.04 Å². The topological polar surface area (TPSA) is 66.0 Å². The zero-order valence-corrected chi connectivity index (χ0v) is 11.0. The van der Waals surface area contributed by atoms with Crippen LogP contribution in [0.1, 0.15) is 23.7 Å². The Balaban J connectivity index is 1.96. The van der Waals surface area contributed by atoms with Crippen molar-refractivity contribution in [1.29, 1.82) is 0 Å². The van der Waals surface area contributed by atoms with Crippen LogP contribution in [0.25, 0.3) is 5.69 Å². The van der Waals surface area contributed by atoms with Gasteiger partial charge >= 0.3 is 0 Å². The third-order valence-electron chi connectivity index (χ3n) is 3.75. The second kappa shape index (κ2) is 5.11. The molecule has 1 aliphatic rings. The molecule has 1 fully saturated rings. The van der Waals surface area contributed by atoms with Crippen molar-refractivity contribution in [3.63, 3.8) is 0 Å². The van der Waals surface area contributed by atoms with Gasteiger partial charge in [-0.2, -0.15) is 0 Å². The number of rotatable bonds is 3. The molecule has 0 spiro atoms. The maximum atomic E-state index is 6.37. The van der Waals surface area contributed by atoms with Crippen LogP contribution in [-0.4, -0.2) is 27.7 Å². The Morgan fingerprint density at radius 1 is 1.42 bits per heavy atom. The highest BCUT2D eigenvalue weighted by atomic mass is 16.5. The van der Waals surface area contributed by atoms with Gasteiger partial charge in [0.25, 0.3) is 0 Å². The Labute approximate surface area is 112 Å². The first-order valence-corrected chi connectivity index (χ1v) is 6.54. The van der Waals surface area contributed by atoms with E-state index in [0.717, 1.165) is 36.6 Å². The van der Waals surface area contributed by atoms with Crippen molar-refractivity contribution in [2.45, 2.75) is 19.4 Å². The molecule has 2 aromatic rings. The summed E-state index contributed by atoms with van der Waals surface area (Å²) in [6.07, 6.45) is 8.29. The van der Waals surface area contributed by atoms with E-state index in [1.54, 1.807) is 12.5 Å². The minimum Gasteiger partial charge on any atom is -0.381 e. The molecule has 1 saturated heterocycles. The summed E-state index contributed by atoms with van der Waals surface area (Å²) in [6, 6.07) is 1.94. The van der Waals surface area contributed by atoms with Crippen LogP contribution in [0.15, 0.2) is 31.0 Å². The predicted octanol–water partition coefficient (Wildman–Crippen LogP) is 1.61. The van der Waals surface area contributed by atoms with Crippen LogP contribution in [-0.2, 0) is 4.74 Å². The fraction of sp³-hybridized carbons (Fsp3) is 0.429. The maximum Gasteiger partial charge on any atom is 0.0995 e. The normalized spacial score (nSPS) is 20.6. The number of imidazole rings is 1. The van der Waals surface area contributed by atoms with Gasteiger partial charge in [-0.1, -0.05) is 0 Å². The number of aryl methyl sites for hydroxylation is 1. The third kappa shape index (κ3) is 2.27. The van der Waals surface area contributed by atoms with Gasteiger partial charge in [0.2, 0.25) is 0 Å². The molecule has 100 valence electrons. The van der Waals surface area contributed by atoms with E-state index in [1.807, 2.05) is 23.0 Å². The lowest BCUT2D eigenvalue weighted by Gasteiger charge is -2.20. The van der Waals surface area contributed by atoms with Crippen LogP contribution in [0, 0.1) is 12.8 Å². The van der Waals surface area contributed by atoms with Gasteiger partial charge in [0.05, 0.1) is 42.8 Å². The van der Waals surface area contributed by atoms with E-state index in [9.17, 15) is 0 Å². The molecule has 0 aromatic carbocycles. The minimum atomic E-state index is -0.0513. The van der Waals surface area contributed by atoms with E-state index in [2.05, 4.69) is 16.9 Å². The first-order chi connectivity index (χ1) is 9.27. The minimum absolute atomic E-state index is 0.0513. The summed E-state index contributed by atoms with van der Waals surface area (Å²) in [4.78, 5) is 8.43. The average Bonchev–Trinajstić information content (AvgIpc) is 3.10. The second-order valence-corrected chi connectivity index (χ2v) is 5.00. The fourth-order valence-corrected chi connectivity index (χ4v) is 2.54. The Hall–Kier alpha value is -1.72. The molecule has 0 amide bonds. The third-order valence-corrected chi connectivity index (χ3v) is 3.75. The number of pyridine rings is 1. The quantitative estimate of drug-likeness (QED) is 0.908. The molecule has 0 saturated carbocycles. The number of ether oxygens (including phenoxy) is 1. The highest BCUT2D eigenvalue weighted by Crippen LogP contribution is 2.28. The number of hydrogen-bond donors (Lipinski definition) is 1. The highest BCUT2D eigenvalue weighted by Gasteiger charge is 2.26. The van der Waals surface area contributed by atoms with Gasteiger partial charge in [-0.3, -0.25) is 9.55 Å². The summed E-state index contributed by atoms with van der Waals surface area (Å²) in [5.74, 6) is 0.368. The molecule has 19 heavy (non-hydrogen) atoms. The molecular weight excluding hydrogens is 240 g/mol. The summed E-state index contributed by atoms with van der Waals surface area (Å²) in [5, 5.41) is 0. The van der Waals surface area contributed by atoms with Crippen LogP contribution < -0.4 is 5.73 Å². The molecule has 0 aliphatic carbocycles. The summed E-state index contributed by atoms with van der Waals surface area (Å²) in [6.45, 7) is 3.60. The molecular formula is C14H18N4O. The van der Waals surface area contributed by atoms with Gasteiger partial charge in [0.15, 0.2) is 0 Å². The van der Waals surface area contributed by atoms with Crippen LogP contribution in [0.3, 0.4) is 0 Å². The Kier molecular flexibility index (Phi) is 3.31. The molecule has 5 nitrogen and oxygen atoms in total. The SMILES string of the molecule is Cc1ccncc1-n1cncc1C(N)C1CCOC1. The largest absolute Gasteiger partial charge is 0.381 e. The van der Waals surface area contributed by atoms with Crippen molar-refractivity contribution in [1.82, 2.24) is 14.5 Å². The van der Waals surface area contributed by atoms with Gasteiger partial charge in [0, 0.05) is 18.7 Å². The molecule has 0 radical (unpaired) electrons. The van der Waals surface area contributed by atoms with Crippen molar-refractivity contribution >= 4 is 0 Å². The van der Waals surface area contributed by atoms with Crippen molar-refractivity contribution in [2.24, 2.45) is 11.7 Å². The van der Waals surface area contributed by atoms with E-state index in [1.165, 1.54) is 0 Å². The number of nitrogens with zero attached hydrogens (tertiary/aromatic N) is 3. The molecule has 2 aromatic heterocycles. The number of aromatic nitrogens is 3. The highest BCUT2D eigenvalue weighted by molar-refractivity contribution is 5.39. The van der Waals surface area contributed by atoms with Gasteiger partial charge < -0.3 is 10.5 Å². The average molecular weight is 258 g/mol. The standard InChI is InChI=1S/C14H18N4O/c1-10-2-4-16-6-12(10)18-9-17-7-13(18)14(15)11-3-5-19-8-11/h2,4,6-7,9,11,14H,3,5,8,15H2,1H3. The molecule has 5 heteroatoms. The summed E-state index contributed by atoms with van der Waals surface area (Å²) in [5.41, 5.74) is 9.58. The van der Waals surface area contributed by atoms with Crippen molar-refractivity contribution < 1.29 is 4.74 Å². The van der Waals surface area contributed by atoms with Gasteiger partial charge in [0.1, 0.15) is 0 Å². The number of nitrogens with two attached hydrogens (primary N) is 1. The van der Waals surface area contributed by atoms with Gasteiger partial charge in [-0.15, -0.1) is 0 Å². The zero-order chi connectivity index (χ0) is 13.2. The Morgan fingerprint density at radius 2 is 2.32 bits per heavy atom. The van der Waals surface area contributed by atoms with E-state index >= 15 is 0 Å². The smallest absolute Gasteiger partial charge is 0.0995 e. The molecule has 2 unspecified atom stereocenters. The summed E-state index contributed by atoms with van der Waals surface area (Å²) in [7, 11) is 0. The lowest BCUT2D eigenvalue weighted by atomic mass is 9.97. The molecule has 1 aliphatic heterocycles. The van der Waals surface area contributed by atoms with Crippen LogP contribution in [0.2, 0.25) is 0 Å². The van der Waals surface area contributed by atoms with Crippen molar-refractivity contribution in [2.75, 3.05) is 13.2 Å². The zero-order valence-electron chi connectivity index (χ0n) is 11.0. The molecule has 2 N–H and O–H groups in total. The van der Waals surface area contributed by atoms with Gasteiger partial charge in [-0.05, 0) is 25.0 Å². The van der Waals surface area contributed by atoms with E-state index in [4.69, 9.17) is 10.5 Å². The Bertz CT molecular complexity index is 560. The fourth-order valence-electron chi connectivity index (χ4n) is 2.54. The second-order valence-electron chi connectivity index (χ2n) is 5.00.